The van der Waals surface area contributed by atoms with Gasteiger partial charge in [-0.3, -0.25) is 19.3 Å². The molecule has 0 bridgehead atoms. The van der Waals surface area contributed by atoms with Crippen LogP contribution in [0.25, 0.3) is 0 Å². The molecule has 1 saturated heterocycles. The quantitative estimate of drug-likeness (QED) is 0.179. The highest BCUT2D eigenvalue weighted by Gasteiger charge is 2.71. The molecular formula is C45H74N2O5. The number of hydrogen-bond donors (Lipinski definition) is 1. The van der Waals surface area contributed by atoms with Crippen LogP contribution < -0.4 is 0 Å². The van der Waals surface area contributed by atoms with E-state index in [1.54, 1.807) is 13.8 Å². The highest BCUT2D eigenvalue weighted by Crippen LogP contribution is 2.78. The van der Waals surface area contributed by atoms with E-state index in [2.05, 4.69) is 71.8 Å². The summed E-state index contributed by atoms with van der Waals surface area (Å²) in [4.78, 5) is 43.9. The molecule has 52 heavy (non-hydrogen) atoms. The number of carboxylic acid groups (broad SMARTS) is 1. The lowest BCUT2D eigenvalue weighted by Gasteiger charge is -2.73. The van der Waals surface area contributed by atoms with Crippen LogP contribution in [-0.4, -0.2) is 71.1 Å². The van der Waals surface area contributed by atoms with Crippen molar-refractivity contribution in [3.8, 4) is 0 Å². The summed E-state index contributed by atoms with van der Waals surface area (Å²) in [6.45, 7) is 31.0. The van der Waals surface area contributed by atoms with E-state index in [0.29, 0.717) is 41.5 Å². The van der Waals surface area contributed by atoms with Crippen molar-refractivity contribution in [3.05, 3.63) is 12.2 Å². The minimum absolute atomic E-state index is 0.0849. The maximum Gasteiger partial charge on any atom is 0.309 e. The Morgan fingerprint density at radius 1 is 0.865 bits per heavy atom. The Balaban J connectivity index is 1.23. The van der Waals surface area contributed by atoms with E-state index in [4.69, 9.17) is 4.74 Å². The van der Waals surface area contributed by atoms with E-state index in [1.165, 1.54) is 44.1 Å². The van der Waals surface area contributed by atoms with Gasteiger partial charge in [0, 0.05) is 31.0 Å². The number of esters is 1. The molecule has 0 spiro atoms. The van der Waals surface area contributed by atoms with Crippen molar-refractivity contribution < 1.29 is 24.2 Å². The SMILES string of the molecule is C=C(C)[C@@H]1CC[C@]2(CC(=O)N3CC[C@H](N(CC)CC)C3)CC[C@]3(C)[C@H](CC[C@@H]4[C@@]5(C)CC[C@H](OC(=O)CC(C)(C)C(=O)O)C(C)(C)[C@@H]5CC[C@]43C)[C@@H]12. The van der Waals surface area contributed by atoms with Crippen LogP contribution in [0.1, 0.15) is 153 Å². The Morgan fingerprint density at radius 3 is 2.19 bits per heavy atom. The second kappa shape index (κ2) is 13.7. The number of carbonyl (C=O) groups excluding carboxylic acids is 2. The first-order valence-electron chi connectivity index (χ1n) is 21.3. The summed E-state index contributed by atoms with van der Waals surface area (Å²) in [5, 5.41) is 9.62. The highest BCUT2D eigenvalue weighted by atomic mass is 16.5. The number of carbonyl (C=O) groups is 3. The maximum absolute atomic E-state index is 14.3. The standard InChI is InChI=1S/C45H74N2O5/c1-12-46(13-2)30-19-25-47(28-30)36(48)26-45-22-16-31(29(3)4)38(45)32-14-15-34-42(9)20-18-35(52-37(49)27-40(5,6)39(50)51)41(7,8)33(42)17-21-44(34,11)43(32,10)23-24-45/h30-35,38H,3,12-28H2,1-2,4-11H3,(H,50,51)/t30-,31-,32+,33-,34+,35-,38+,42-,43+,44+,45+/m0/s1. The van der Waals surface area contributed by atoms with Gasteiger partial charge in [0.1, 0.15) is 6.10 Å². The Bertz CT molecular complexity index is 1420. The van der Waals surface area contributed by atoms with E-state index in [-0.39, 0.29) is 45.6 Å². The fourth-order valence-electron chi connectivity index (χ4n) is 14.8. The first-order valence-corrected chi connectivity index (χ1v) is 21.3. The molecule has 1 heterocycles. The number of aliphatic carboxylic acids is 1. The molecule has 0 aromatic carbocycles. The second-order valence-electron chi connectivity index (χ2n) is 20.9. The smallest absolute Gasteiger partial charge is 0.309 e. The van der Waals surface area contributed by atoms with E-state index >= 15 is 0 Å². The van der Waals surface area contributed by atoms with Crippen LogP contribution in [0.2, 0.25) is 0 Å². The van der Waals surface area contributed by atoms with Gasteiger partial charge < -0.3 is 14.7 Å². The molecule has 1 amide bonds. The van der Waals surface area contributed by atoms with Crippen molar-refractivity contribution in [2.75, 3.05) is 26.2 Å². The molecule has 294 valence electrons. The summed E-state index contributed by atoms with van der Waals surface area (Å²) < 4.78 is 6.20. The van der Waals surface area contributed by atoms with Gasteiger partial charge >= 0.3 is 11.9 Å². The average Bonchev–Trinajstić information content (AvgIpc) is 3.69. The number of rotatable bonds is 10. The Hall–Kier alpha value is -1.89. The number of hydrogen-bond acceptors (Lipinski definition) is 5. The number of likely N-dealkylation sites (N-methyl/N-ethyl adjacent to an activating group) is 1. The third-order valence-corrected chi connectivity index (χ3v) is 18.0. The van der Waals surface area contributed by atoms with Gasteiger partial charge in [-0.25, -0.2) is 0 Å². The summed E-state index contributed by atoms with van der Waals surface area (Å²) in [6, 6.07) is 0.497. The Kier molecular flexibility index (Phi) is 10.5. The van der Waals surface area contributed by atoms with Gasteiger partial charge in [-0.1, -0.05) is 60.6 Å². The van der Waals surface area contributed by atoms with Gasteiger partial charge in [-0.2, -0.15) is 0 Å². The molecule has 7 heteroatoms. The van der Waals surface area contributed by atoms with Crippen LogP contribution in [0.15, 0.2) is 12.2 Å². The van der Waals surface area contributed by atoms with E-state index < -0.39 is 11.4 Å². The Morgan fingerprint density at radius 2 is 1.56 bits per heavy atom. The molecule has 0 aromatic rings. The third-order valence-electron chi connectivity index (χ3n) is 18.0. The number of amides is 1. The topological polar surface area (TPSA) is 87.2 Å². The first kappa shape index (κ1) is 39.8. The molecule has 0 aromatic heterocycles. The average molecular weight is 723 g/mol. The van der Waals surface area contributed by atoms with Crippen molar-refractivity contribution in [1.82, 2.24) is 9.80 Å². The minimum Gasteiger partial charge on any atom is -0.481 e. The largest absolute Gasteiger partial charge is 0.481 e. The summed E-state index contributed by atoms with van der Waals surface area (Å²) in [5.41, 5.74) is 0.651. The molecule has 7 nitrogen and oxygen atoms in total. The fraction of sp³-hybridized carbons (Fsp3) is 0.889. The molecular weight excluding hydrogens is 649 g/mol. The Labute approximate surface area is 316 Å². The van der Waals surface area contributed by atoms with Crippen LogP contribution in [0.4, 0.5) is 0 Å². The summed E-state index contributed by atoms with van der Waals surface area (Å²) in [6.07, 6.45) is 12.9. The summed E-state index contributed by atoms with van der Waals surface area (Å²) in [5.74, 6) is 1.72. The van der Waals surface area contributed by atoms with Crippen molar-refractivity contribution in [2.45, 2.75) is 165 Å². The lowest BCUT2D eigenvalue weighted by atomic mass is 9.32. The van der Waals surface area contributed by atoms with Crippen LogP contribution >= 0.6 is 0 Å². The fourth-order valence-corrected chi connectivity index (χ4v) is 14.8. The normalized spacial score (nSPS) is 42.5. The molecule has 11 atom stereocenters. The molecule has 6 rings (SSSR count). The second-order valence-corrected chi connectivity index (χ2v) is 20.9. The number of ether oxygens (including phenoxy) is 1. The van der Waals surface area contributed by atoms with Crippen molar-refractivity contribution >= 4 is 17.8 Å². The zero-order valence-corrected chi connectivity index (χ0v) is 34.7. The lowest BCUT2D eigenvalue weighted by molar-refractivity contribution is -0.250. The molecule has 1 aliphatic heterocycles. The number of allylic oxidation sites excluding steroid dienone is 1. The number of nitrogens with zero attached hydrogens (tertiary/aromatic N) is 2. The van der Waals surface area contributed by atoms with Crippen molar-refractivity contribution in [1.29, 1.82) is 0 Å². The number of fused-ring (bicyclic) bond motifs is 7. The van der Waals surface area contributed by atoms with Crippen LogP contribution in [0, 0.1) is 62.1 Å². The highest BCUT2D eigenvalue weighted by molar-refractivity contribution is 5.81. The van der Waals surface area contributed by atoms with E-state index in [1.807, 2.05) is 0 Å². The zero-order valence-electron chi connectivity index (χ0n) is 34.7. The molecule has 5 saturated carbocycles. The van der Waals surface area contributed by atoms with Crippen LogP contribution in [0.5, 0.6) is 0 Å². The molecule has 5 aliphatic carbocycles. The minimum atomic E-state index is -1.14. The molecule has 0 radical (unpaired) electrons. The van der Waals surface area contributed by atoms with Gasteiger partial charge in [0.15, 0.2) is 0 Å². The van der Waals surface area contributed by atoms with Gasteiger partial charge in [0.2, 0.25) is 5.91 Å². The first-order chi connectivity index (χ1) is 24.2. The zero-order chi connectivity index (χ0) is 38.2. The predicted molar refractivity (Wildman–Crippen MR) is 207 cm³/mol. The third kappa shape index (κ3) is 6.12. The lowest BCUT2D eigenvalue weighted by Crippen LogP contribution is -2.67. The van der Waals surface area contributed by atoms with Gasteiger partial charge in [-0.05, 0) is 156 Å². The molecule has 6 aliphatic rings. The van der Waals surface area contributed by atoms with Gasteiger partial charge in [0.05, 0.1) is 11.8 Å². The molecule has 0 unspecified atom stereocenters. The number of carboxylic acids is 1. The molecule has 6 fully saturated rings. The van der Waals surface area contributed by atoms with E-state index in [9.17, 15) is 19.5 Å². The van der Waals surface area contributed by atoms with Gasteiger partial charge in [-0.15, -0.1) is 0 Å². The summed E-state index contributed by atoms with van der Waals surface area (Å²) in [7, 11) is 0. The van der Waals surface area contributed by atoms with Gasteiger partial charge in [0.25, 0.3) is 0 Å². The summed E-state index contributed by atoms with van der Waals surface area (Å²) >= 11 is 0. The van der Waals surface area contributed by atoms with Crippen molar-refractivity contribution in [2.24, 2.45) is 62.1 Å². The van der Waals surface area contributed by atoms with E-state index in [0.717, 1.165) is 64.7 Å². The van der Waals surface area contributed by atoms with Crippen LogP contribution in [-0.2, 0) is 19.1 Å². The van der Waals surface area contributed by atoms with Crippen LogP contribution in [0.3, 0.4) is 0 Å². The monoisotopic (exact) mass is 723 g/mol. The van der Waals surface area contributed by atoms with Crippen molar-refractivity contribution in [3.63, 3.8) is 0 Å². The molecule has 1 N–H and O–H groups in total. The number of likely N-dealkylation sites (tertiary alicyclic amines) is 1. The predicted octanol–water partition coefficient (Wildman–Crippen LogP) is 9.39. The maximum atomic E-state index is 14.3.